The second kappa shape index (κ2) is 5.16. The van der Waals surface area contributed by atoms with Gasteiger partial charge in [0.05, 0.1) is 18.8 Å². The zero-order valence-electron chi connectivity index (χ0n) is 9.72. The maximum Gasteiger partial charge on any atom is 0.265 e. The molecule has 1 atom stereocenters. The lowest BCUT2D eigenvalue weighted by molar-refractivity contribution is -0.835. The molecule has 0 spiro atoms. The van der Waals surface area contributed by atoms with Crippen LogP contribution in [0.25, 0.3) is 0 Å². The summed E-state index contributed by atoms with van der Waals surface area (Å²) >= 11 is 0. The normalized spacial score (nSPS) is 19.9. The summed E-state index contributed by atoms with van der Waals surface area (Å²) in [5.74, 6) is -0.140. The second-order valence-electron chi connectivity index (χ2n) is 4.50. The minimum absolute atomic E-state index is 0.140. The van der Waals surface area contributed by atoms with Crippen LogP contribution in [0.2, 0.25) is 0 Å². The van der Waals surface area contributed by atoms with Crippen molar-refractivity contribution in [2.75, 3.05) is 18.8 Å². The minimum Gasteiger partial charge on any atom is -0.302 e. The predicted molar refractivity (Wildman–Crippen MR) is 66.2 cm³/mol. The number of aryl methyl sites for hydroxylation is 1. The number of quaternary nitrogens is 1. The van der Waals surface area contributed by atoms with Crippen molar-refractivity contribution in [3.63, 3.8) is 0 Å². The molecular weight excluding hydrogens is 238 g/mol. The van der Waals surface area contributed by atoms with Gasteiger partial charge in [-0.05, 0) is 12.5 Å². The topological polar surface area (TPSA) is 58.8 Å². The van der Waals surface area contributed by atoms with Crippen LogP contribution in [0.1, 0.15) is 18.4 Å². The molecule has 2 rings (SSSR count). The highest BCUT2D eigenvalue weighted by Crippen LogP contribution is 2.15. The lowest BCUT2D eigenvalue weighted by Gasteiger charge is -2.25. The molecule has 0 radical (unpaired) electrons. The Morgan fingerprint density at radius 3 is 2.82 bits per heavy atom. The molecule has 0 aliphatic carbocycles. The Bertz CT molecular complexity index is 484. The number of rotatable bonds is 4. The molecule has 1 aromatic carbocycles. The lowest BCUT2D eigenvalue weighted by Crippen LogP contribution is -3.08. The fourth-order valence-electron chi connectivity index (χ4n) is 2.44. The summed E-state index contributed by atoms with van der Waals surface area (Å²) < 4.78 is 30.0. The van der Waals surface area contributed by atoms with E-state index in [1.807, 2.05) is 12.1 Å². The molecule has 0 bridgehead atoms. The van der Waals surface area contributed by atoms with Gasteiger partial charge in [-0.25, -0.2) is 0 Å². The van der Waals surface area contributed by atoms with Gasteiger partial charge < -0.3 is 4.90 Å². The summed E-state index contributed by atoms with van der Waals surface area (Å²) in [5, 5.41) is 0. The highest BCUT2D eigenvalue weighted by Gasteiger charge is 2.21. The molecule has 1 heterocycles. The molecule has 0 aromatic heterocycles. The van der Waals surface area contributed by atoms with Crippen LogP contribution in [0.3, 0.4) is 0 Å². The van der Waals surface area contributed by atoms with Crippen molar-refractivity contribution in [2.24, 2.45) is 0 Å². The summed E-state index contributed by atoms with van der Waals surface area (Å²) in [6, 6.07) is 8.31. The quantitative estimate of drug-likeness (QED) is 0.768. The van der Waals surface area contributed by atoms with Crippen LogP contribution in [0.5, 0.6) is 0 Å². The van der Waals surface area contributed by atoms with Gasteiger partial charge in [0.25, 0.3) is 10.1 Å². The average Bonchev–Trinajstić information content (AvgIpc) is 2.28. The summed E-state index contributed by atoms with van der Waals surface area (Å²) in [5.41, 5.74) is 2.65. The van der Waals surface area contributed by atoms with Crippen LogP contribution in [0.15, 0.2) is 24.3 Å². The van der Waals surface area contributed by atoms with Crippen molar-refractivity contribution in [1.29, 1.82) is 0 Å². The third kappa shape index (κ3) is 3.52. The molecule has 5 heteroatoms. The van der Waals surface area contributed by atoms with Gasteiger partial charge in [0.2, 0.25) is 0 Å². The van der Waals surface area contributed by atoms with Crippen molar-refractivity contribution in [3.8, 4) is 0 Å². The summed E-state index contributed by atoms with van der Waals surface area (Å²) in [6.45, 7) is 1.80. The third-order valence-corrected chi connectivity index (χ3v) is 4.01. The minimum atomic E-state index is -3.82. The Morgan fingerprint density at radius 1 is 1.29 bits per heavy atom. The van der Waals surface area contributed by atoms with Gasteiger partial charge in [0.1, 0.15) is 5.69 Å². The first-order chi connectivity index (χ1) is 8.06. The first-order valence-corrected chi connectivity index (χ1v) is 7.55. The van der Waals surface area contributed by atoms with Gasteiger partial charge in [-0.15, -0.1) is 0 Å². The van der Waals surface area contributed by atoms with Gasteiger partial charge in [0.15, 0.2) is 0 Å². The van der Waals surface area contributed by atoms with Crippen LogP contribution in [-0.2, 0) is 16.5 Å². The number of fused-ring (bicyclic) bond motifs is 1. The standard InChI is InChI=1S/C12H17NO3S/c14-17(15,16)10-4-9-13-8-3-6-11-5-1-2-7-12(11)13/h1-2,5,7H,3-4,6,8-10H2,(H,14,15,16)/p+1. The van der Waals surface area contributed by atoms with Gasteiger partial charge in [0, 0.05) is 18.4 Å². The SMILES string of the molecule is O=S(=O)(O)CCC[NH+]1CCCc2ccccc21. The van der Waals surface area contributed by atoms with E-state index in [4.69, 9.17) is 4.55 Å². The van der Waals surface area contributed by atoms with Gasteiger partial charge in [-0.3, -0.25) is 4.55 Å². The molecule has 1 aromatic rings. The van der Waals surface area contributed by atoms with E-state index in [1.54, 1.807) is 0 Å². The van der Waals surface area contributed by atoms with Gasteiger partial charge in [-0.2, -0.15) is 8.42 Å². The monoisotopic (exact) mass is 256 g/mol. The van der Waals surface area contributed by atoms with Crippen LogP contribution < -0.4 is 4.90 Å². The van der Waals surface area contributed by atoms with Crippen molar-refractivity contribution < 1.29 is 17.9 Å². The van der Waals surface area contributed by atoms with Gasteiger partial charge >= 0.3 is 0 Å². The molecule has 2 N–H and O–H groups in total. The molecule has 1 aliphatic heterocycles. The first kappa shape index (κ1) is 12.5. The van der Waals surface area contributed by atoms with E-state index in [0.29, 0.717) is 6.42 Å². The van der Waals surface area contributed by atoms with E-state index in [9.17, 15) is 8.42 Å². The largest absolute Gasteiger partial charge is 0.302 e. The average molecular weight is 256 g/mol. The lowest BCUT2D eigenvalue weighted by atomic mass is 10.0. The second-order valence-corrected chi connectivity index (χ2v) is 6.08. The zero-order chi connectivity index (χ0) is 12.3. The molecule has 0 saturated heterocycles. The van der Waals surface area contributed by atoms with Gasteiger partial charge in [-0.1, -0.05) is 18.2 Å². The Morgan fingerprint density at radius 2 is 2.06 bits per heavy atom. The van der Waals surface area contributed by atoms with Crippen LogP contribution in [0, 0.1) is 0 Å². The van der Waals surface area contributed by atoms with Crippen molar-refractivity contribution in [2.45, 2.75) is 19.3 Å². The van der Waals surface area contributed by atoms with Crippen molar-refractivity contribution in [1.82, 2.24) is 0 Å². The van der Waals surface area contributed by atoms with E-state index in [-0.39, 0.29) is 5.75 Å². The van der Waals surface area contributed by atoms with E-state index in [1.165, 1.54) is 16.2 Å². The van der Waals surface area contributed by atoms with E-state index in [0.717, 1.165) is 25.9 Å². The van der Waals surface area contributed by atoms with Crippen LogP contribution in [-0.4, -0.2) is 31.8 Å². The summed E-state index contributed by atoms with van der Waals surface area (Å²) in [6.07, 6.45) is 2.75. The van der Waals surface area contributed by atoms with Crippen LogP contribution in [0.4, 0.5) is 5.69 Å². The summed E-state index contributed by atoms with van der Waals surface area (Å²) in [7, 11) is -3.82. The number of nitrogens with one attached hydrogen (secondary N) is 1. The molecule has 0 amide bonds. The molecule has 1 aliphatic rings. The number of benzene rings is 1. The molecule has 17 heavy (non-hydrogen) atoms. The third-order valence-electron chi connectivity index (χ3n) is 3.20. The van der Waals surface area contributed by atoms with E-state index < -0.39 is 10.1 Å². The van der Waals surface area contributed by atoms with Crippen LogP contribution >= 0.6 is 0 Å². The van der Waals surface area contributed by atoms with Crippen molar-refractivity contribution >= 4 is 15.8 Å². The highest BCUT2D eigenvalue weighted by atomic mass is 32.2. The number of para-hydroxylation sites is 1. The maximum absolute atomic E-state index is 10.7. The Labute approximate surface area is 102 Å². The zero-order valence-corrected chi connectivity index (χ0v) is 10.5. The molecular formula is C12H18NO3S+. The Balaban J connectivity index is 1.99. The maximum atomic E-state index is 10.7. The first-order valence-electron chi connectivity index (χ1n) is 5.94. The molecule has 0 saturated carbocycles. The fourth-order valence-corrected chi connectivity index (χ4v) is 2.95. The smallest absolute Gasteiger partial charge is 0.265 e. The van der Waals surface area contributed by atoms with E-state index in [2.05, 4.69) is 12.1 Å². The Kier molecular flexibility index (Phi) is 3.81. The number of hydrogen-bond acceptors (Lipinski definition) is 2. The molecule has 4 nitrogen and oxygen atoms in total. The predicted octanol–water partition coefficient (Wildman–Crippen LogP) is 0.427. The summed E-state index contributed by atoms with van der Waals surface area (Å²) in [4.78, 5) is 1.33. The fraction of sp³-hybridized carbons (Fsp3) is 0.500. The molecule has 0 fully saturated rings. The number of hydrogen-bond donors (Lipinski definition) is 2. The van der Waals surface area contributed by atoms with Crippen molar-refractivity contribution in [3.05, 3.63) is 29.8 Å². The highest BCUT2D eigenvalue weighted by molar-refractivity contribution is 7.85. The Hall–Kier alpha value is -0.910. The molecule has 1 unspecified atom stereocenters. The molecule has 94 valence electrons. The van der Waals surface area contributed by atoms with E-state index >= 15 is 0 Å².